The number of rotatable bonds is 7. The highest BCUT2D eigenvalue weighted by molar-refractivity contribution is 5.70. The molecule has 0 bridgehead atoms. The molecule has 0 saturated carbocycles. The number of quaternary nitrogens is 1. The van der Waals surface area contributed by atoms with Crippen LogP contribution >= 0.6 is 0 Å². The molecule has 3 nitrogen and oxygen atoms in total. The topological polar surface area (TPSA) is 26.3 Å². The van der Waals surface area contributed by atoms with Crippen molar-refractivity contribution in [2.45, 2.75) is 33.6 Å². The molecule has 0 aliphatic heterocycles. The molecule has 0 aromatic heterocycles. The summed E-state index contributed by atoms with van der Waals surface area (Å²) in [6.07, 6.45) is 6.29. The predicted octanol–water partition coefficient (Wildman–Crippen LogP) is -0.0675. The summed E-state index contributed by atoms with van der Waals surface area (Å²) in [6, 6.07) is 0. The summed E-state index contributed by atoms with van der Waals surface area (Å²) in [5.74, 6) is -0.143. The lowest BCUT2D eigenvalue weighted by Gasteiger charge is -2.22. The average Bonchev–Trinajstić information content (AvgIpc) is 2.13. The number of allylic oxidation sites excluding steroid dienone is 3. The molecule has 0 rings (SSSR count). The normalized spacial score (nSPS) is 11.6. The van der Waals surface area contributed by atoms with Crippen LogP contribution < -0.4 is 12.4 Å². The smallest absolute Gasteiger partial charge is 0.362 e. The third-order valence-corrected chi connectivity index (χ3v) is 2.37. The van der Waals surface area contributed by atoms with E-state index in [-0.39, 0.29) is 18.4 Å². The van der Waals surface area contributed by atoms with Crippen LogP contribution in [0.5, 0.6) is 0 Å². The third-order valence-electron chi connectivity index (χ3n) is 2.37. The summed E-state index contributed by atoms with van der Waals surface area (Å²) < 4.78 is 5.77. The average molecular weight is 290 g/mol. The van der Waals surface area contributed by atoms with E-state index in [9.17, 15) is 4.79 Å². The molecular weight excluding hydrogens is 262 g/mol. The maximum absolute atomic E-state index is 11.5. The maximum Gasteiger partial charge on any atom is 0.362 e. The standard InChI is InChI=1S/C15H28NO2.ClH/c1-13(2)8-7-9-14(3)10-11-18-15(17)12-16(4,5)6;/h8,10H,7,9,11-12H2,1-6H3;1H/q+1;/p-1. The van der Waals surface area contributed by atoms with Crippen molar-refractivity contribution in [2.75, 3.05) is 34.3 Å². The van der Waals surface area contributed by atoms with Gasteiger partial charge in [0.15, 0.2) is 6.54 Å². The Morgan fingerprint density at radius 1 is 1.11 bits per heavy atom. The summed E-state index contributed by atoms with van der Waals surface area (Å²) in [5.41, 5.74) is 2.61. The van der Waals surface area contributed by atoms with Gasteiger partial charge in [0.05, 0.1) is 21.1 Å². The highest BCUT2D eigenvalue weighted by Gasteiger charge is 2.14. The zero-order chi connectivity index (χ0) is 14.2. The van der Waals surface area contributed by atoms with Gasteiger partial charge in [-0.1, -0.05) is 17.2 Å². The van der Waals surface area contributed by atoms with E-state index in [0.29, 0.717) is 17.6 Å². The first-order chi connectivity index (χ1) is 8.20. The van der Waals surface area contributed by atoms with Crippen LogP contribution in [-0.4, -0.2) is 44.7 Å². The molecule has 0 heterocycles. The summed E-state index contributed by atoms with van der Waals surface area (Å²) >= 11 is 0. The number of likely N-dealkylation sites (N-methyl/N-ethyl adjacent to an activating group) is 1. The fourth-order valence-electron chi connectivity index (χ4n) is 1.40. The lowest BCUT2D eigenvalue weighted by atomic mass is 10.1. The first-order valence-corrected chi connectivity index (χ1v) is 6.46. The quantitative estimate of drug-likeness (QED) is 0.373. The minimum Gasteiger partial charge on any atom is -1.00 e. The Balaban J connectivity index is 0. The van der Waals surface area contributed by atoms with Crippen molar-refractivity contribution in [3.05, 3.63) is 23.3 Å². The van der Waals surface area contributed by atoms with Gasteiger partial charge in [0.1, 0.15) is 6.61 Å². The number of carbonyl (C=O) groups is 1. The zero-order valence-electron chi connectivity index (χ0n) is 13.1. The van der Waals surface area contributed by atoms with Gasteiger partial charge < -0.3 is 21.6 Å². The van der Waals surface area contributed by atoms with Gasteiger partial charge in [-0.3, -0.25) is 0 Å². The van der Waals surface area contributed by atoms with Gasteiger partial charge in [-0.25, -0.2) is 4.79 Å². The Hall–Kier alpha value is -0.800. The van der Waals surface area contributed by atoms with Crippen molar-refractivity contribution in [1.82, 2.24) is 0 Å². The molecule has 0 aliphatic rings. The van der Waals surface area contributed by atoms with Crippen molar-refractivity contribution in [3.8, 4) is 0 Å². The Kier molecular flexibility index (Phi) is 10.8. The molecule has 0 aromatic rings. The zero-order valence-corrected chi connectivity index (χ0v) is 13.9. The summed E-state index contributed by atoms with van der Waals surface area (Å²) in [5, 5.41) is 0. The second kappa shape index (κ2) is 10.0. The highest BCUT2D eigenvalue weighted by Crippen LogP contribution is 2.06. The van der Waals surface area contributed by atoms with Crippen LogP contribution in [0.3, 0.4) is 0 Å². The van der Waals surface area contributed by atoms with Crippen LogP contribution in [0.15, 0.2) is 23.3 Å². The van der Waals surface area contributed by atoms with Crippen LogP contribution in [0.25, 0.3) is 0 Å². The molecular formula is C15H28ClNO2. The van der Waals surface area contributed by atoms with E-state index in [0.717, 1.165) is 12.8 Å². The van der Waals surface area contributed by atoms with Crippen LogP contribution in [0.1, 0.15) is 33.6 Å². The van der Waals surface area contributed by atoms with Crippen molar-refractivity contribution in [2.24, 2.45) is 0 Å². The number of hydrogen-bond acceptors (Lipinski definition) is 2. The van der Waals surface area contributed by atoms with E-state index in [1.165, 1.54) is 11.1 Å². The van der Waals surface area contributed by atoms with Gasteiger partial charge in [0.2, 0.25) is 0 Å². The van der Waals surface area contributed by atoms with E-state index in [2.05, 4.69) is 26.8 Å². The fourth-order valence-corrected chi connectivity index (χ4v) is 1.40. The minimum atomic E-state index is -0.143. The molecule has 0 atom stereocenters. The Bertz CT molecular complexity index is 324. The summed E-state index contributed by atoms with van der Waals surface area (Å²) in [7, 11) is 5.92. The van der Waals surface area contributed by atoms with Crippen molar-refractivity contribution >= 4 is 5.97 Å². The number of ether oxygens (including phenoxy) is 1. The van der Waals surface area contributed by atoms with Crippen molar-refractivity contribution < 1.29 is 26.4 Å². The van der Waals surface area contributed by atoms with Crippen LogP contribution in [-0.2, 0) is 9.53 Å². The number of hydrogen-bond donors (Lipinski definition) is 0. The van der Waals surface area contributed by atoms with Gasteiger partial charge in [0.25, 0.3) is 0 Å². The summed E-state index contributed by atoms with van der Waals surface area (Å²) in [4.78, 5) is 11.5. The monoisotopic (exact) mass is 289 g/mol. The molecule has 0 aromatic carbocycles. The first kappa shape index (κ1) is 20.5. The fraction of sp³-hybridized carbons (Fsp3) is 0.667. The maximum atomic E-state index is 11.5. The minimum absolute atomic E-state index is 0. The van der Waals surface area contributed by atoms with Gasteiger partial charge in [-0.15, -0.1) is 0 Å². The van der Waals surface area contributed by atoms with E-state index in [1.54, 1.807) is 0 Å². The largest absolute Gasteiger partial charge is 1.00 e. The van der Waals surface area contributed by atoms with Crippen LogP contribution in [0.4, 0.5) is 0 Å². The van der Waals surface area contributed by atoms with Gasteiger partial charge in [-0.05, 0) is 39.7 Å². The van der Waals surface area contributed by atoms with Crippen molar-refractivity contribution in [3.63, 3.8) is 0 Å². The first-order valence-electron chi connectivity index (χ1n) is 6.46. The van der Waals surface area contributed by atoms with E-state index >= 15 is 0 Å². The summed E-state index contributed by atoms with van der Waals surface area (Å²) in [6.45, 7) is 7.08. The molecule has 112 valence electrons. The molecule has 0 amide bonds. The molecule has 0 unspecified atom stereocenters. The second-order valence-corrected chi connectivity index (χ2v) is 6.00. The molecule has 19 heavy (non-hydrogen) atoms. The van der Waals surface area contributed by atoms with Crippen molar-refractivity contribution in [1.29, 1.82) is 0 Å². The lowest BCUT2D eigenvalue weighted by Crippen LogP contribution is -3.00. The molecule has 0 saturated heterocycles. The SMILES string of the molecule is CC(C)=CCCC(C)=CCOC(=O)C[N+](C)(C)C.[Cl-]. The van der Waals surface area contributed by atoms with E-state index < -0.39 is 0 Å². The number of halogens is 1. The Morgan fingerprint density at radius 3 is 2.16 bits per heavy atom. The van der Waals surface area contributed by atoms with Gasteiger partial charge in [-0.2, -0.15) is 0 Å². The number of nitrogens with zero attached hydrogens (tertiary/aromatic N) is 1. The number of esters is 1. The molecule has 0 N–H and O–H groups in total. The Morgan fingerprint density at radius 2 is 1.68 bits per heavy atom. The molecule has 0 aliphatic carbocycles. The number of carbonyl (C=O) groups excluding carboxylic acids is 1. The molecule has 4 heteroatoms. The van der Waals surface area contributed by atoms with E-state index in [4.69, 9.17) is 4.74 Å². The molecule has 0 fully saturated rings. The van der Waals surface area contributed by atoms with Gasteiger partial charge >= 0.3 is 5.97 Å². The highest BCUT2D eigenvalue weighted by atomic mass is 35.5. The molecule has 0 radical (unpaired) electrons. The lowest BCUT2D eigenvalue weighted by molar-refractivity contribution is -0.862. The molecule has 0 spiro atoms. The van der Waals surface area contributed by atoms with E-state index in [1.807, 2.05) is 27.2 Å². The second-order valence-electron chi connectivity index (χ2n) is 6.00. The predicted molar refractivity (Wildman–Crippen MR) is 76.3 cm³/mol. The Labute approximate surface area is 124 Å². The third kappa shape index (κ3) is 15.1. The van der Waals surface area contributed by atoms with Crippen LogP contribution in [0.2, 0.25) is 0 Å². The van der Waals surface area contributed by atoms with Crippen LogP contribution in [0, 0.1) is 0 Å². The van der Waals surface area contributed by atoms with Gasteiger partial charge in [0, 0.05) is 0 Å².